The van der Waals surface area contributed by atoms with Gasteiger partial charge in [0.2, 0.25) is 0 Å². The van der Waals surface area contributed by atoms with Crippen LogP contribution in [0.1, 0.15) is 11.3 Å². The Balaban J connectivity index is 1.95. The van der Waals surface area contributed by atoms with Crippen molar-refractivity contribution in [3.63, 3.8) is 0 Å². The Morgan fingerprint density at radius 3 is 2.71 bits per heavy atom. The van der Waals surface area contributed by atoms with Gasteiger partial charge >= 0.3 is 0 Å². The fourth-order valence-electron chi connectivity index (χ4n) is 2.15. The lowest BCUT2D eigenvalue weighted by atomic mass is 10.2. The zero-order valence-corrected chi connectivity index (χ0v) is 13.6. The third-order valence-corrected chi connectivity index (χ3v) is 4.10. The van der Waals surface area contributed by atoms with Crippen LogP contribution < -0.4 is 0 Å². The summed E-state index contributed by atoms with van der Waals surface area (Å²) < 4.78 is 4.94. The molecule has 0 saturated carbocycles. The summed E-state index contributed by atoms with van der Waals surface area (Å²) in [6, 6.07) is 8.40. The van der Waals surface area contributed by atoms with Crippen LogP contribution in [0.2, 0.25) is 0 Å². The van der Waals surface area contributed by atoms with Crippen molar-refractivity contribution in [1.82, 2.24) is 9.88 Å². The summed E-state index contributed by atoms with van der Waals surface area (Å²) in [5.41, 5.74) is 3.43. The van der Waals surface area contributed by atoms with E-state index in [1.54, 1.807) is 18.4 Å². The summed E-state index contributed by atoms with van der Waals surface area (Å²) in [5.74, 6) is 0. The van der Waals surface area contributed by atoms with Crippen LogP contribution in [0.4, 0.5) is 0 Å². The molecule has 0 amide bonds. The molecule has 0 aliphatic carbocycles. The molecule has 21 heavy (non-hydrogen) atoms. The third kappa shape index (κ3) is 4.89. The highest BCUT2D eigenvalue weighted by molar-refractivity contribution is 7.13. The first kappa shape index (κ1) is 16.1. The zero-order valence-electron chi connectivity index (χ0n) is 12.7. The molecule has 0 aliphatic heterocycles. The van der Waals surface area contributed by atoms with Gasteiger partial charge in [-0.1, -0.05) is 29.8 Å². The van der Waals surface area contributed by atoms with Gasteiger partial charge in [-0.25, -0.2) is 4.98 Å². The molecule has 0 spiro atoms. The van der Waals surface area contributed by atoms with Crippen LogP contribution in [0.5, 0.6) is 0 Å². The largest absolute Gasteiger partial charge is 0.389 e. The highest BCUT2D eigenvalue weighted by Gasteiger charge is 2.11. The van der Waals surface area contributed by atoms with Crippen LogP contribution in [0.25, 0.3) is 10.6 Å². The number of benzene rings is 1. The van der Waals surface area contributed by atoms with E-state index >= 15 is 0 Å². The molecule has 0 bridgehead atoms. The summed E-state index contributed by atoms with van der Waals surface area (Å²) in [6.07, 6.45) is -0.463. The monoisotopic (exact) mass is 306 g/mol. The quantitative estimate of drug-likeness (QED) is 0.854. The number of aliphatic hydroxyl groups is 1. The molecule has 0 radical (unpaired) electrons. The van der Waals surface area contributed by atoms with E-state index in [2.05, 4.69) is 46.5 Å². The Kier molecular flexibility index (Phi) is 5.87. The van der Waals surface area contributed by atoms with Crippen molar-refractivity contribution in [3.05, 3.63) is 40.9 Å². The Labute approximate surface area is 130 Å². The molecule has 114 valence electrons. The summed E-state index contributed by atoms with van der Waals surface area (Å²) in [5, 5.41) is 12.8. The van der Waals surface area contributed by atoms with Crippen molar-refractivity contribution in [2.75, 3.05) is 27.3 Å². The standard InChI is InChI=1S/C16H22N2O2S/c1-12-4-6-13(7-5-12)16-17-14(11-21-16)8-18(2)9-15(19)10-20-3/h4-7,11,15,19H,8-10H2,1-3H3. The number of thiazole rings is 1. The minimum atomic E-state index is -0.463. The summed E-state index contributed by atoms with van der Waals surface area (Å²) in [7, 11) is 3.57. The Hall–Kier alpha value is -1.27. The average molecular weight is 306 g/mol. The lowest BCUT2D eigenvalue weighted by Crippen LogP contribution is -2.31. The van der Waals surface area contributed by atoms with Crippen molar-refractivity contribution < 1.29 is 9.84 Å². The maximum absolute atomic E-state index is 9.72. The lowest BCUT2D eigenvalue weighted by molar-refractivity contribution is 0.0417. The van der Waals surface area contributed by atoms with Gasteiger partial charge in [-0.3, -0.25) is 4.90 Å². The van der Waals surface area contributed by atoms with E-state index < -0.39 is 6.10 Å². The smallest absolute Gasteiger partial charge is 0.123 e. The first-order valence-electron chi connectivity index (χ1n) is 6.95. The summed E-state index contributed by atoms with van der Waals surface area (Å²) >= 11 is 1.65. The van der Waals surface area contributed by atoms with Crippen molar-refractivity contribution in [2.24, 2.45) is 0 Å². The van der Waals surface area contributed by atoms with E-state index in [4.69, 9.17) is 4.74 Å². The van der Waals surface area contributed by atoms with Crippen LogP contribution in [0.15, 0.2) is 29.6 Å². The second-order valence-corrected chi connectivity index (χ2v) is 6.17. The van der Waals surface area contributed by atoms with Gasteiger partial charge in [0.15, 0.2) is 0 Å². The molecule has 4 nitrogen and oxygen atoms in total. The van der Waals surface area contributed by atoms with Crippen molar-refractivity contribution in [2.45, 2.75) is 19.6 Å². The van der Waals surface area contributed by atoms with Gasteiger partial charge < -0.3 is 9.84 Å². The number of likely N-dealkylation sites (N-methyl/N-ethyl adjacent to an activating group) is 1. The fraction of sp³-hybridized carbons (Fsp3) is 0.438. The SMILES string of the molecule is COCC(O)CN(C)Cc1csc(-c2ccc(C)cc2)n1. The maximum Gasteiger partial charge on any atom is 0.123 e. The number of rotatable bonds is 7. The highest BCUT2D eigenvalue weighted by Crippen LogP contribution is 2.24. The molecule has 1 unspecified atom stereocenters. The topological polar surface area (TPSA) is 45.6 Å². The van der Waals surface area contributed by atoms with Crippen LogP contribution in [0, 0.1) is 6.92 Å². The lowest BCUT2D eigenvalue weighted by Gasteiger charge is -2.18. The number of aliphatic hydroxyl groups excluding tert-OH is 1. The number of nitrogens with zero attached hydrogens (tertiary/aromatic N) is 2. The number of aryl methyl sites for hydroxylation is 1. The molecule has 0 aliphatic rings. The predicted octanol–water partition coefficient (Wildman–Crippen LogP) is 2.56. The first-order valence-corrected chi connectivity index (χ1v) is 7.83. The van der Waals surface area contributed by atoms with E-state index in [1.807, 2.05) is 7.05 Å². The van der Waals surface area contributed by atoms with E-state index in [-0.39, 0.29) is 0 Å². The number of hydrogen-bond acceptors (Lipinski definition) is 5. The van der Waals surface area contributed by atoms with Crippen LogP contribution in [0.3, 0.4) is 0 Å². The van der Waals surface area contributed by atoms with Crippen molar-refractivity contribution in [1.29, 1.82) is 0 Å². The maximum atomic E-state index is 9.72. The molecule has 1 atom stereocenters. The fourth-order valence-corrected chi connectivity index (χ4v) is 2.97. The number of hydrogen-bond donors (Lipinski definition) is 1. The molecule has 1 aromatic carbocycles. The van der Waals surface area contributed by atoms with Crippen LogP contribution in [-0.4, -0.2) is 48.4 Å². The molecule has 2 aromatic rings. The van der Waals surface area contributed by atoms with Gasteiger partial charge in [0.25, 0.3) is 0 Å². The average Bonchev–Trinajstić information content (AvgIpc) is 2.88. The first-order chi connectivity index (χ1) is 10.1. The Bertz CT molecular complexity index is 554. The number of methoxy groups -OCH3 is 1. The number of aromatic nitrogens is 1. The zero-order chi connectivity index (χ0) is 15.2. The van der Waals surface area contributed by atoms with E-state index in [9.17, 15) is 5.11 Å². The van der Waals surface area contributed by atoms with Crippen LogP contribution in [-0.2, 0) is 11.3 Å². The van der Waals surface area contributed by atoms with Crippen molar-refractivity contribution >= 4 is 11.3 Å². The summed E-state index contributed by atoms with van der Waals surface area (Å²) in [6.45, 7) is 3.74. The van der Waals surface area contributed by atoms with Gasteiger partial charge in [-0.05, 0) is 14.0 Å². The molecular formula is C16H22N2O2S. The Morgan fingerprint density at radius 2 is 2.05 bits per heavy atom. The highest BCUT2D eigenvalue weighted by atomic mass is 32.1. The number of ether oxygens (including phenoxy) is 1. The molecule has 0 fully saturated rings. The normalized spacial score (nSPS) is 12.8. The molecule has 1 heterocycles. The minimum absolute atomic E-state index is 0.357. The van der Waals surface area contributed by atoms with E-state index in [0.717, 1.165) is 22.8 Å². The Morgan fingerprint density at radius 1 is 1.33 bits per heavy atom. The summed E-state index contributed by atoms with van der Waals surface area (Å²) in [4.78, 5) is 6.72. The van der Waals surface area contributed by atoms with Crippen LogP contribution >= 0.6 is 11.3 Å². The van der Waals surface area contributed by atoms with Gasteiger partial charge in [-0.2, -0.15) is 0 Å². The van der Waals surface area contributed by atoms with Gasteiger partial charge in [-0.15, -0.1) is 11.3 Å². The second kappa shape index (κ2) is 7.66. The molecule has 1 N–H and O–H groups in total. The molecule has 2 rings (SSSR count). The molecule has 1 aromatic heterocycles. The van der Waals surface area contributed by atoms with Crippen molar-refractivity contribution in [3.8, 4) is 10.6 Å². The van der Waals surface area contributed by atoms with E-state index in [0.29, 0.717) is 13.2 Å². The van der Waals surface area contributed by atoms with Gasteiger partial charge in [0, 0.05) is 31.1 Å². The molecular weight excluding hydrogens is 284 g/mol. The van der Waals surface area contributed by atoms with Gasteiger partial charge in [0.1, 0.15) is 5.01 Å². The third-order valence-electron chi connectivity index (χ3n) is 3.16. The van der Waals surface area contributed by atoms with E-state index in [1.165, 1.54) is 5.56 Å². The molecule has 5 heteroatoms. The second-order valence-electron chi connectivity index (χ2n) is 5.32. The van der Waals surface area contributed by atoms with Gasteiger partial charge in [0.05, 0.1) is 18.4 Å². The molecule has 0 saturated heterocycles. The minimum Gasteiger partial charge on any atom is -0.389 e. The predicted molar refractivity (Wildman–Crippen MR) is 86.5 cm³/mol.